The van der Waals surface area contributed by atoms with E-state index in [2.05, 4.69) is 9.97 Å². The molecule has 0 aliphatic carbocycles. The van der Waals surface area contributed by atoms with Crippen molar-refractivity contribution in [1.82, 2.24) is 9.97 Å². The van der Waals surface area contributed by atoms with E-state index in [0.717, 1.165) is 12.1 Å². The maximum atomic E-state index is 12.5. The number of aromatic nitrogens is 2. The van der Waals surface area contributed by atoms with Crippen molar-refractivity contribution in [3.63, 3.8) is 0 Å². The molecule has 2 rings (SSSR count). The van der Waals surface area contributed by atoms with Gasteiger partial charge >= 0.3 is 6.18 Å². The summed E-state index contributed by atoms with van der Waals surface area (Å²) in [6, 6.07) is 3.43. The molecule has 0 aliphatic heterocycles. The number of H-pyrrole nitrogens is 1. The first-order valence-corrected chi connectivity index (χ1v) is 5.43. The topological polar surface area (TPSA) is 28.7 Å². The Bertz CT molecular complexity index is 616. The van der Waals surface area contributed by atoms with E-state index in [4.69, 9.17) is 12.2 Å². The van der Waals surface area contributed by atoms with Crippen LogP contribution >= 0.6 is 12.2 Å². The summed E-state index contributed by atoms with van der Waals surface area (Å²) in [5.41, 5.74) is -0.319. The average molecular weight is 258 g/mol. The first kappa shape index (κ1) is 12.0. The Hall–Kier alpha value is -1.43. The number of benzene rings is 1. The van der Waals surface area contributed by atoms with Crippen LogP contribution in [-0.4, -0.2) is 9.97 Å². The summed E-state index contributed by atoms with van der Waals surface area (Å²) < 4.78 is 38.0. The average Bonchev–Trinajstić information content (AvgIpc) is 2.27. The second-order valence-corrected chi connectivity index (χ2v) is 3.99. The highest BCUT2D eigenvalue weighted by atomic mass is 32.1. The van der Waals surface area contributed by atoms with Gasteiger partial charge in [0.1, 0.15) is 10.5 Å². The predicted molar refractivity (Wildman–Crippen MR) is 61.3 cm³/mol. The zero-order valence-electron chi connectivity index (χ0n) is 8.93. The first-order valence-electron chi connectivity index (χ1n) is 5.02. The van der Waals surface area contributed by atoms with Crippen molar-refractivity contribution in [1.29, 1.82) is 0 Å². The Morgan fingerprint density at radius 2 is 2.06 bits per heavy atom. The standard InChI is InChI=1S/C11H9F3N2S/c1-2-9-15-8-5-6(11(12,13)14)3-4-7(8)10(17)16-9/h3-5H,2H2,1H3,(H,15,16,17). The Morgan fingerprint density at radius 3 is 2.65 bits per heavy atom. The molecule has 0 radical (unpaired) electrons. The van der Waals surface area contributed by atoms with Gasteiger partial charge < -0.3 is 4.98 Å². The molecule has 0 saturated carbocycles. The van der Waals surface area contributed by atoms with Gasteiger partial charge in [-0.25, -0.2) is 4.98 Å². The van der Waals surface area contributed by atoms with Gasteiger partial charge in [-0.2, -0.15) is 13.2 Å². The van der Waals surface area contributed by atoms with Crippen LogP contribution in [0, 0.1) is 4.64 Å². The summed E-state index contributed by atoms with van der Waals surface area (Å²) in [7, 11) is 0. The molecular formula is C11H9F3N2S. The minimum atomic E-state index is -4.35. The molecule has 0 aliphatic rings. The highest BCUT2D eigenvalue weighted by Crippen LogP contribution is 2.31. The second-order valence-electron chi connectivity index (χ2n) is 3.60. The third kappa shape index (κ3) is 2.31. The maximum Gasteiger partial charge on any atom is 0.416 e. The molecule has 0 saturated heterocycles. The van der Waals surface area contributed by atoms with E-state index >= 15 is 0 Å². The van der Waals surface area contributed by atoms with Crippen molar-refractivity contribution in [2.24, 2.45) is 0 Å². The number of fused-ring (bicyclic) bond motifs is 1. The second kappa shape index (κ2) is 4.10. The molecule has 1 heterocycles. The van der Waals surface area contributed by atoms with Gasteiger partial charge in [0, 0.05) is 11.8 Å². The number of hydrogen-bond acceptors (Lipinski definition) is 2. The zero-order chi connectivity index (χ0) is 12.6. The molecule has 0 spiro atoms. The van der Waals surface area contributed by atoms with Gasteiger partial charge in [-0.1, -0.05) is 19.1 Å². The minimum absolute atomic E-state index is 0.323. The minimum Gasteiger partial charge on any atom is -0.343 e. The van der Waals surface area contributed by atoms with Crippen molar-refractivity contribution in [3.05, 3.63) is 34.2 Å². The summed E-state index contributed by atoms with van der Waals surface area (Å²) in [5.74, 6) is 0.585. The van der Waals surface area contributed by atoms with Crippen LogP contribution in [0.25, 0.3) is 10.9 Å². The van der Waals surface area contributed by atoms with E-state index in [1.165, 1.54) is 6.07 Å². The molecule has 2 aromatic rings. The van der Waals surface area contributed by atoms with E-state index in [1.807, 2.05) is 6.92 Å². The maximum absolute atomic E-state index is 12.5. The highest BCUT2D eigenvalue weighted by Gasteiger charge is 2.30. The summed E-state index contributed by atoms with van der Waals surface area (Å²) >= 11 is 5.03. The molecule has 2 nitrogen and oxygen atoms in total. The molecular weight excluding hydrogens is 249 g/mol. The summed E-state index contributed by atoms with van der Waals surface area (Å²) in [6.45, 7) is 1.85. The predicted octanol–water partition coefficient (Wildman–Crippen LogP) is 3.87. The van der Waals surface area contributed by atoms with Gasteiger partial charge in [0.15, 0.2) is 0 Å². The quantitative estimate of drug-likeness (QED) is 0.786. The van der Waals surface area contributed by atoms with Crippen LogP contribution in [0.1, 0.15) is 18.3 Å². The number of nitrogens with one attached hydrogen (secondary N) is 1. The Labute approximate surface area is 101 Å². The summed E-state index contributed by atoms with van der Waals surface area (Å²) in [4.78, 5) is 6.94. The van der Waals surface area contributed by atoms with Gasteiger partial charge in [-0.15, -0.1) is 0 Å². The van der Waals surface area contributed by atoms with Crippen LogP contribution in [0.4, 0.5) is 13.2 Å². The monoisotopic (exact) mass is 258 g/mol. The van der Waals surface area contributed by atoms with Crippen molar-refractivity contribution >= 4 is 23.1 Å². The van der Waals surface area contributed by atoms with Crippen molar-refractivity contribution < 1.29 is 13.2 Å². The molecule has 6 heteroatoms. The van der Waals surface area contributed by atoms with Crippen molar-refractivity contribution in [2.45, 2.75) is 19.5 Å². The van der Waals surface area contributed by atoms with Gasteiger partial charge in [0.25, 0.3) is 0 Å². The SMILES string of the molecule is CCc1nc(=S)c2ccc(C(F)(F)F)cc2[nH]1. The number of hydrogen-bond donors (Lipinski definition) is 1. The molecule has 90 valence electrons. The van der Waals surface area contributed by atoms with Crippen LogP contribution in [0.5, 0.6) is 0 Å². The van der Waals surface area contributed by atoms with Crippen LogP contribution in [0.2, 0.25) is 0 Å². The summed E-state index contributed by atoms with van der Waals surface area (Å²) in [6.07, 6.45) is -3.75. The van der Waals surface area contributed by atoms with Gasteiger partial charge in [0.05, 0.1) is 11.1 Å². The lowest BCUT2D eigenvalue weighted by Crippen LogP contribution is -2.05. The third-order valence-electron chi connectivity index (χ3n) is 2.43. The van der Waals surface area contributed by atoms with Gasteiger partial charge in [-0.3, -0.25) is 0 Å². The number of nitrogens with zero attached hydrogens (tertiary/aromatic N) is 1. The molecule has 0 bridgehead atoms. The molecule has 1 aromatic heterocycles. The lowest BCUT2D eigenvalue weighted by atomic mass is 10.1. The molecule has 0 atom stereocenters. The van der Waals surface area contributed by atoms with Crippen molar-refractivity contribution in [2.75, 3.05) is 0 Å². The fourth-order valence-electron chi connectivity index (χ4n) is 1.54. The lowest BCUT2D eigenvalue weighted by molar-refractivity contribution is -0.137. The fraction of sp³-hybridized carbons (Fsp3) is 0.273. The van der Waals surface area contributed by atoms with E-state index < -0.39 is 11.7 Å². The Balaban J connectivity index is 2.72. The fourth-order valence-corrected chi connectivity index (χ4v) is 1.83. The largest absolute Gasteiger partial charge is 0.416 e. The lowest BCUT2D eigenvalue weighted by Gasteiger charge is -2.08. The van der Waals surface area contributed by atoms with Gasteiger partial charge in [-0.05, 0) is 18.2 Å². The van der Waals surface area contributed by atoms with Crippen LogP contribution < -0.4 is 0 Å². The Kier molecular flexibility index (Phi) is 2.91. The zero-order valence-corrected chi connectivity index (χ0v) is 9.75. The molecule has 1 N–H and O–H groups in total. The molecule has 0 amide bonds. The number of aromatic amines is 1. The van der Waals surface area contributed by atoms with Gasteiger partial charge in [0.2, 0.25) is 0 Å². The smallest absolute Gasteiger partial charge is 0.343 e. The van der Waals surface area contributed by atoms with Crippen molar-refractivity contribution in [3.8, 4) is 0 Å². The molecule has 17 heavy (non-hydrogen) atoms. The highest BCUT2D eigenvalue weighted by molar-refractivity contribution is 7.71. The molecule has 0 fully saturated rings. The van der Waals surface area contributed by atoms with E-state index in [-0.39, 0.29) is 0 Å². The number of alkyl halides is 3. The Morgan fingerprint density at radius 1 is 1.35 bits per heavy atom. The van der Waals surface area contributed by atoms with E-state index in [9.17, 15) is 13.2 Å². The normalized spacial score (nSPS) is 12.0. The first-order chi connectivity index (χ1) is 7.91. The molecule has 0 unspecified atom stereocenters. The van der Waals surface area contributed by atoms with Crippen LogP contribution in [-0.2, 0) is 12.6 Å². The van der Waals surface area contributed by atoms with Crippen LogP contribution in [0.3, 0.4) is 0 Å². The summed E-state index contributed by atoms with van der Waals surface area (Å²) in [5, 5.41) is 0.533. The van der Waals surface area contributed by atoms with E-state index in [1.54, 1.807) is 0 Å². The van der Waals surface area contributed by atoms with Crippen LogP contribution in [0.15, 0.2) is 18.2 Å². The number of aryl methyl sites for hydroxylation is 1. The number of halogens is 3. The molecule has 1 aromatic carbocycles. The number of rotatable bonds is 1. The third-order valence-corrected chi connectivity index (χ3v) is 2.74. The van der Waals surface area contributed by atoms with E-state index in [0.29, 0.717) is 27.8 Å².